The summed E-state index contributed by atoms with van der Waals surface area (Å²) in [6.07, 6.45) is 0. The Bertz CT molecular complexity index is 393. The van der Waals surface area contributed by atoms with E-state index in [-0.39, 0.29) is 5.69 Å². The van der Waals surface area contributed by atoms with Crippen molar-refractivity contribution in [2.75, 3.05) is 19.0 Å². The van der Waals surface area contributed by atoms with Gasteiger partial charge < -0.3 is 4.90 Å². The van der Waals surface area contributed by atoms with Crippen LogP contribution in [0, 0.1) is 13.8 Å². The van der Waals surface area contributed by atoms with Crippen molar-refractivity contribution in [3.63, 3.8) is 0 Å². The van der Waals surface area contributed by atoms with Crippen LogP contribution in [-0.4, -0.2) is 23.6 Å². The molecule has 14 heavy (non-hydrogen) atoms. The van der Waals surface area contributed by atoms with E-state index < -0.39 is 0 Å². The van der Waals surface area contributed by atoms with Gasteiger partial charge in [-0.2, -0.15) is 4.98 Å². The third kappa shape index (κ3) is 1.64. The monoisotopic (exact) mass is 195 g/mol. The molecule has 4 heteroatoms. The highest BCUT2D eigenvalue weighted by Gasteiger charge is 2.10. The molecule has 0 aromatic carbocycles. The van der Waals surface area contributed by atoms with E-state index in [0.717, 1.165) is 17.1 Å². The Morgan fingerprint density at radius 3 is 2.36 bits per heavy atom. The largest absolute Gasteiger partial charge is 0.362 e. The van der Waals surface area contributed by atoms with Crippen molar-refractivity contribution >= 4 is 5.82 Å². The van der Waals surface area contributed by atoms with Gasteiger partial charge in [0.25, 0.3) is 0 Å². The van der Waals surface area contributed by atoms with E-state index in [4.69, 9.17) is 0 Å². The Balaban J connectivity index is 3.48. The van der Waals surface area contributed by atoms with Crippen LogP contribution in [0.2, 0.25) is 0 Å². The summed E-state index contributed by atoms with van der Waals surface area (Å²) >= 11 is 0. The number of nitrogens with zero attached hydrogens (tertiary/aromatic N) is 3. The Hall–Kier alpha value is -1.32. The first kappa shape index (κ1) is 10.8. The molecule has 0 radical (unpaired) electrons. The minimum atomic E-state index is -0.167. The van der Waals surface area contributed by atoms with Crippen molar-refractivity contribution in [2.24, 2.45) is 0 Å². The van der Waals surface area contributed by atoms with E-state index in [9.17, 15) is 4.79 Å². The van der Waals surface area contributed by atoms with Crippen LogP contribution >= 0.6 is 0 Å². The first-order chi connectivity index (χ1) is 6.49. The second-order valence-electron chi connectivity index (χ2n) is 3.57. The molecule has 0 N–H and O–H groups in total. The van der Waals surface area contributed by atoms with Crippen LogP contribution in [0.5, 0.6) is 0 Å². The highest BCUT2D eigenvalue weighted by molar-refractivity contribution is 5.46. The van der Waals surface area contributed by atoms with Gasteiger partial charge in [-0.1, -0.05) is 0 Å². The van der Waals surface area contributed by atoms with Crippen LogP contribution in [0.15, 0.2) is 4.79 Å². The van der Waals surface area contributed by atoms with Crippen LogP contribution < -0.4 is 10.6 Å². The quantitative estimate of drug-likeness (QED) is 0.705. The predicted molar refractivity (Wildman–Crippen MR) is 58.0 cm³/mol. The lowest BCUT2D eigenvalue weighted by Gasteiger charge is -2.17. The fraction of sp³-hybridized carbons (Fsp3) is 0.600. The molecule has 0 aliphatic carbocycles. The molecule has 0 fully saturated rings. The van der Waals surface area contributed by atoms with E-state index in [1.807, 2.05) is 39.8 Å². The average Bonchev–Trinajstić information content (AvgIpc) is 2.12. The van der Waals surface area contributed by atoms with Gasteiger partial charge in [0, 0.05) is 31.9 Å². The summed E-state index contributed by atoms with van der Waals surface area (Å²) in [5, 5.41) is 0. The lowest BCUT2D eigenvalue weighted by molar-refractivity contribution is 0.666. The maximum absolute atomic E-state index is 11.6. The van der Waals surface area contributed by atoms with Gasteiger partial charge in [-0.05, 0) is 20.8 Å². The molecule has 0 spiro atoms. The van der Waals surface area contributed by atoms with E-state index in [2.05, 4.69) is 4.98 Å². The number of hydrogen-bond acceptors (Lipinski definition) is 3. The van der Waals surface area contributed by atoms with Crippen molar-refractivity contribution in [2.45, 2.75) is 27.3 Å². The van der Waals surface area contributed by atoms with Crippen LogP contribution in [0.3, 0.4) is 0 Å². The van der Waals surface area contributed by atoms with E-state index >= 15 is 0 Å². The second kappa shape index (κ2) is 3.82. The Morgan fingerprint density at radius 2 is 1.93 bits per heavy atom. The van der Waals surface area contributed by atoms with Crippen molar-refractivity contribution in [1.82, 2.24) is 9.55 Å². The van der Waals surface area contributed by atoms with Crippen LogP contribution in [0.25, 0.3) is 0 Å². The van der Waals surface area contributed by atoms with Gasteiger partial charge >= 0.3 is 5.69 Å². The molecular weight excluding hydrogens is 178 g/mol. The number of aromatic nitrogens is 2. The Kier molecular flexibility index (Phi) is 2.93. The van der Waals surface area contributed by atoms with Crippen molar-refractivity contribution in [3.8, 4) is 0 Å². The summed E-state index contributed by atoms with van der Waals surface area (Å²) < 4.78 is 1.68. The molecule has 78 valence electrons. The molecule has 0 amide bonds. The molecular formula is C10H17N3O. The summed E-state index contributed by atoms with van der Waals surface area (Å²) in [4.78, 5) is 17.5. The normalized spacial score (nSPS) is 10.4. The minimum absolute atomic E-state index is 0.167. The van der Waals surface area contributed by atoms with Gasteiger partial charge in [0.1, 0.15) is 5.82 Å². The minimum Gasteiger partial charge on any atom is -0.362 e. The second-order valence-corrected chi connectivity index (χ2v) is 3.57. The Labute approximate surface area is 84.2 Å². The van der Waals surface area contributed by atoms with Crippen LogP contribution in [0.4, 0.5) is 5.82 Å². The van der Waals surface area contributed by atoms with Crippen LogP contribution in [0.1, 0.15) is 18.2 Å². The van der Waals surface area contributed by atoms with Gasteiger partial charge in [-0.15, -0.1) is 0 Å². The molecule has 1 aromatic heterocycles. The molecule has 0 aliphatic rings. The van der Waals surface area contributed by atoms with Crippen LogP contribution in [-0.2, 0) is 6.54 Å². The first-order valence-corrected chi connectivity index (χ1v) is 4.74. The standard InChI is InChI=1S/C10H17N3O/c1-6-13-8(3)7(2)9(12(4)5)11-10(13)14/h6H2,1-5H3. The topological polar surface area (TPSA) is 38.1 Å². The Morgan fingerprint density at radius 1 is 1.36 bits per heavy atom. The third-order valence-corrected chi connectivity index (χ3v) is 2.46. The molecule has 1 heterocycles. The zero-order valence-electron chi connectivity index (χ0n) is 9.46. The van der Waals surface area contributed by atoms with Gasteiger partial charge in [-0.3, -0.25) is 4.57 Å². The molecule has 0 saturated carbocycles. The molecule has 4 nitrogen and oxygen atoms in total. The number of hydrogen-bond donors (Lipinski definition) is 0. The first-order valence-electron chi connectivity index (χ1n) is 4.74. The van der Waals surface area contributed by atoms with E-state index in [1.54, 1.807) is 4.57 Å². The highest BCUT2D eigenvalue weighted by atomic mass is 16.1. The summed E-state index contributed by atoms with van der Waals surface area (Å²) in [5.41, 5.74) is 1.90. The lowest BCUT2D eigenvalue weighted by atomic mass is 10.2. The zero-order valence-corrected chi connectivity index (χ0v) is 9.46. The summed E-state index contributed by atoms with van der Waals surface area (Å²) in [6.45, 7) is 6.56. The van der Waals surface area contributed by atoms with E-state index in [0.29, 0.717) is 6.54 Å². The molecule has 0 atom stereocenters. The third-order valence-electron chi connectivity index (χ3n) is 2.46. The van der Waals surface area contributed by atoms with Gasteiger partial charge in [-0.25, -0.2) is 4.79 Å². The highest BCUT2D eigenvalue weighted by Crippen LogP contribution is 2.15. The summed E-state index contributed by atoms with van der Waals surface area (Å²) in [7, 11) is 3.79. The SMILES string of the molecule is CCn1c(C)c(C)c(N(C)C)nc1=O. The fourth-order valence-corrected chi connectivity index (χ4v) is 1.55. The lowest BCUT2D eigenvalue weighted by Crippen LogP contribution is -2.28. The van der Waals surface area contributed by atoms with Crippen molar-refractivity contribution in [3.05, 3.63) is 21.7 Å². The van der Waals surface area contributed by atoms with Gasteiger partial charge in [0.2, 0.25) is 0 Å². The summed E-state index contributed by atoms with van der Waals surface area (Å²) in [6, 6.07) is 0. The summed E-state index contributed by atoms with van der Waals surface area (Å²) in [5.74, 6) is 0.761. The molecule has 0 saturated heterocycles. The fourth-order valence-electron chi connectivity index (χ4n) is 1.55. The number of anilines is 1. The molecule has 0 bridgehead atoms. The van der Waals surface area contributed by atoms with Crippen molar-refractivity contribution in [1.29, 1.82) is 0 Å². The molecule has 0 aliphatic heterocycles. The average molecular weight is 195 g/mol. The van der Waals surface area contributed by atoms with Gasteiger partial charge in [0.15, 0.2) is 0 Å². The zero-order chi connectivity index (χ0) is 10.9. The smallest absolute Gasteiger partial charge is 0.349 e. The maximum Gasteiger partial charge on any atom is 0.349 e. The van der Waals surface area contributed by atoms with E-state index in [1.165, 1.54) is 0 Å². The van der Waals surface area contributed by atoms with Crippen molar-refractivity contribution < 1.29 is 0 Å². The number of rotatable bonds is 2. The molecule has 0 unspecified atom stereocenters. The molecule has 1 aromatic rings. The maximum atomic E-state index is 11.6. The molecule has 1 rings (SSSR count). The predicted octanol–water partition coefficient (Wildman–Crippen LogP) is 0.946. The van der Waals surface area contributed by atoms with Gasteiger partial charge in [0.05, 0.1) is 0 Å².